The van der Waals surface area contributed by atoms with Crippen molar-refractivity contribution in [2.45, 2.75) is 11.4 Å². The molecule has 0 aliphatic heterocycles. The quantitative estimate of drug-likeness (QED) is 0.558. The van der Waals surface area contributed by atoms with Crippen molar-refractivity contribution in [1.82, 2.24) is 9.71 Å². The second-order valence-corrected chi connectivity index (χ2v) is 6.60. The number of hydrogen-bond donors (Lipinski definition) is 3. The highest BCUT2D eigenvalue weighted by Crippen LogP contribution is 2.17. The van der Waals surface area contributed by atoms with Gasteiger partial charge in [0, 0.05) is 17.2 Å². The van der Waals surface area contributed by atoms with Crippen molar-refractivity contribution in [3.05, 3.63) is 52.6 Å². The molecule has 4 N–H and O–H groups in total. The average Bonchev–Trinajstić information content (AvgIpc) is 2.45. The lowest BCUT2D eigenvalue weighted by Gasteiger charge is -2.10. The molecule has 0 unspecified atom stereocenters. The van der Waals surface area contributed by atoms with Gasteiger partial charge < -0.3 is 5.43 Å². The molecule has 0 saturated carbocycles. The van der Waals surface area contributed by atoms with Gasteiger partial charge in [0.15, 0.2) is 5.82 Å². The standard InChI is InChI=1S/C12H13BrN4O2S/c13-10-4-1-3-9(7-10)8-16-20(18,19)11-5-2-6-15-12(11)17-14/h1-7,16H,8,14H2,(H,15,17). The number of anilines is 1. The minimum atomic E-state index is -3.68. The molecule has 0 amide bonds. The minimum Gasteiger partial charge on any atom is -0.307 e. The molecule has 1 aromatic carbocycles. The Hall–Kier alpha value is -1.48. The third-order valence-corrected chi connectivity index (χ3v) is 4.48. The molecule has 0 aliphatic carbocycles. The van der Waals surface area contributed by atoms with Crippen LogP contribution in [0.5, 0.6) is 0 Å². The van der Waals surface area contributed by atoms with Crippen molar-refractivity contribution in [3.8, 4) is 0 Å². The van der Waals surface area contributed by atoms with Crippen LogP contribution in [-0.2, 0) is 16.6 Å². The molecule has 106 valence electrons. The maximum absolute atomic E-state index is 12.2. The summed E-state index contributed by atoms with van der Waals surface area (Å²) in [6.45, 7) is 0.181. The average molecular weight is 357 g/mol. The smallest absolute Gasteiger partial charge is 0.244 e. The van der Waals surface area contributed by atoms with Gasteiger partial charge in [-0.2, -0.15) is 0 Å². The summed E-state index contributed by atoms with van der Waals surface area (Å²) in [5.41, 5.74) is 3.11. The van der Waals surface area contributed by atoms with Crippen molar-refractivity contribution in [1.29, 1.82) is 0 Å². The first kappa shape index (κ1) is 14.9. The first-order valence-electron chi connectivity index (χ1n) is 5.68. The Morgan fingerprint density at radius 2 is 2.05 bits per heavy atom. The van der Waals surface area contributed by atoms with Crippen molar-refractivity contribution < 1.29 is 8.42 Å². The summed E-state index contributed by atoms with van der Waals surface area (Å²) in [5, 5.41) is 0. The van der Waals surface area contributed by atoms with Crippen LogP contribution < -0.4 is 16.0 Å². The number of nitrogens with two attached hydrogens (primary N) is 1. The Morgan fingerprint density at radius 3 is 2.75 bits per heavy atom. The number of nitrogens with zero attached hydrogens (tertiary/aromatic N) is 1. The van der Waals surface area contributed by atoms with Gasteiger partial charge in [0.2, 0.25) is 10.0 Å². The molecule has 0 spiro atoms. The third-order valence-electron chi connectivity index (χ3n) is 2.55. The van der Waals surface area contributed by atoms with Crippen molar-refractivity contribution in [2.75, 3.05) is 5.43 Å². The molecular weight excluding hydrogens is 344 g/mol. The van der Waals surface area contributed by atoms with Crippen LogP contribution in [0.1, 0.15) is 5.56 Å². The van der Waals surface area contributed by atoms with E-state index in [0.29, 0.717) is 0 Å². The summed E-state index contributed by atoms with van der Waals surface area (Å²) < 4.78 is 27.8. The Bertz CT molecular complexity index is 706. The molecule has 0 atom stereocenters. The topological polar surface area (TPSA) is 97.1 Å². The maximum Gasteiger partial charge on any atom is 0.244 e. The molecule has 20 heavy (non-hydrogen) atoms. The fourth-order valence-corrected chi connectivity index (χ4v) is 3.20. The van der Waals surface area contributed by atoms with Crippen molar-refractivity contribution >= 4 is 31.8 Å². The predicted octanol–water partition coefficient (Wildman–Crippen LogP) is 1.61. The number of rotatable bonds is 5. The van der Waals surface area contributed by atoms with Crippen LogP contribution >= 0.6 is 15.9 Å². The number of pyridine rings is 1. The van der Waals surface area contributed by atoms with Gasteiger partial charge in [-0.05, 0) is 29.8 Å². The van der Waals surface area contributed by atoms with Crippen LogP contribution in [-0.4, -0.2) is 13.4 Å². The third kappa shape index (κ3) is 3.54. The Balaban J connectivity index is 2.19. The van der Waals surface area contributed by atoms with E-state index in [2.05, 4.69) is 31.1 Å². The summed E-state index contributed by atoms with van der Waals surface area (Å²) in [7, 11) is -3.68. The highest BCUT2D eigenvalue weighted by molar-refractivity contribution is 9.10. The van der Waals surface area contributed by atoms with E-state index in [1.54, 1.807) is 0 Å². The molecule has 0 radical (unpaired) electrons. The molecule has 1 heterocycles. The molecule has 6 nitrogen and oxygen atoms in total. The van der Waals surface area contributed by atoms with E-state index < -0.39 is 10.0 Å². The molecule has 0 fully saturated rings. The molecule has 2 aromatic rings. The number of nitrogen functional groups attached to an aromatic ring is 1. The zero-order chi connectivity index (χ0) is 14.6. The van der Waals surface area contributed by atoms with E-state index in [9.17, 15) is 8.42 Å². The number of benzene rings is 1. The molecule has 8 heteroatoms. The fraction of sp³-hybridized carbons (Fsp3) is 0.0833. The highest BCUT2D eigenvalue weighted by Gasteiger charge is 2.18. The Labute approximate surface area is 125 Å². The summed E-state index contributed by atoms with van der Waals surface area (Å²) in [5.74, 6) is 5.37. The Kier molecular flexibility index (Phi) is 4.71. The number of nitrogens with one attached hydrogen (secondary N) is 2. The summed E-state index contributed by atoms with van der Waals surface area (Å²) in [6.07, 6.45) is 1.46. The normalized spacial score (nSPS) is 11.3. The van der Waals surface area contributed by atoms with Crippen LogP contribution in [0.2, 0.25) is 0 Å². The lowest BCUT2D eigenvalue weighted by Crippen LogP contribution is -2.25. The summed E-state index contributed by atoms with van der Waals surface area (Å²) in [4.78, 5) is 3.88. The van der Waals surface area contributed by atoms with Crippen LogP contribution in [0.15, 0.2) is 52.0 Å². The maximum atomic E-state index is 12.2. The zero-order valence-corrected chi connectivity index (χ0v) is 12.8. The number of halogens is 1. The number of hydrogen-bond acceptors (Lipinski definition) is 5. The van der Waals surface area contributed by atoms with Crippen molar-refractivity contribution in [2.24, 2.45) is 5.84 Å². The minimum absolute atomic E-state index is 0.0116. The van der Waals surface area contributed by atoms with Crippen LogP contribution in [0.4, 0.5) is 5.82 Å². The van der Waals surface area contributed by atoms with Gasteiger partial charge in [0.05, 0.1) is 0 Å². The molecular formula is C12H13BrN4O2S. The van der Waals surface area contributed by atoms with E-state index in [1.165, 1.54) is 18.3 Å². The van der Waals surface area contributed by atoms with Gasteiger partial charge in [0.25, 0.3) is 0 Å². The van der Waals surface area contributed by atoms with Gasteiger partial charge in [-0.3, -0.25) is 0 Å². The second-order valence-electron chi connectivity index (χ2n) is 3.95. The monoisotopic (exact) mass is 356 g/mol. The van der Waals surface area contributed by atoms with Gasteiger partial charge in [-0.15, -0.1) is 0 Å². The summed E-state index contributed by atoms with van der Waals surface area (Å²) in [6, 6.07) is 10.4. The lowest BCUT2D eigenvalue weighted by molar-refractivity contribution is 0.581. The second kappa shape index (κ2) is 6.31. The zero-order valence-electron chi connectivity index (χ0n) is 10.4. The van der Waals surface area contributed by atoms with Gasteiger partial charge >= 0.3 is 0 Å². The van der Waals surface area contributed by atoms with Gasteiger partial charge in [-0.25, -0.2) is 24.0 Å². The van der Waals surface area contributed by atoms with E-state index in [0.717, 1.165) is 10.0 Å². The van der Waals surface area contributed by atoms with E-state index in [1.807, 2.05) is 24.3 Å². The fourth-order valence-electron chi connectivity index (χ4n) is 1.62. The Morgan fingerprint density at radius 1 is 1.25 bits per heavy atom. The first-order valence-corrected chi connectivity index (χ1v) is 7.96. The van der Waals surface area contributed by atoms with Gasteiger partial charge in [0.1, 0.15) is 4.90 Å². The number of hydrazine groups is 1. The number of sulfonamides is 1. The number of aromatic nitrogens is 1. The molecule has 0 saturated heterocycles. The highest BCUT2D eigenvalue weighted by atomic mass is 79.9. The van der Waals surface area contributed by atoms with Crippen molar-refractivity contribution in [3.63, 3.8) is 0 Å². The molecule has 0 aliphatic rings. The predicted molar refractivity (Wildman–Crippen MR) is 80.2 cm³/mol. The van der Waals surface area contributed by atoms with Crippen LogP contribution in [0, 0.1) is 0 Å². The molecule has 0 bridgehead atoms. The van der Waals surface area contributed by atoms with Crippen LogP contribution in [0.25, 0.3) is 0 Å². The SMILES string of the molecule is NNc1ncccc1S(=O)(=O)NCc1cccc(Br)c1. The first-order chi connectivity index (χ1) is 9.53. The molecule has 1 aromatic heterocycles. The van der Waals surface area contributed by atoms with Gasteiger partial charge in [-0.1, -0.05) is 28.1 Å². The lowest BCUT2D eigenvalue weighted by atomic mass is 10.2. The van der Waals surface area contributed by atoms with E-state index in [-0.39, 0.29) is 17.3 Å². The molecule has 2 rings (SSSR count). The summed E-state index contributed by atoms with van der Waals surface area (Å²) >= 11 is 3.34. The van der Waals surface area contributed by atoms with E-state index >= 15 is 0 Å². The van der Waals surface area contributed by atoms with Crippen LogP contribution in [0.3, 0.4) is 0 Å². The largest absolute Gasteiger partial charge is 0.307 e. The van der Waals surface area contributed by atoms with E-state index in [4.69, 9.17) is 5.84 Å².